The van der Waals surface area contributed by atoms with Crippen LogP contribution in [-0.4, -0.2) is 34.7 Å². The van der Waals surface area contributed by atoms with Crippen molar-refractivity contribution in [1.82, 2.24) is 0 Å². The Morgan fingerprint density at radius 3 is 2.68 bits per heavy atom. The van der Waals surface area contributed by atoms with E-state index in [2.05, 4.69) is 0 Å². The monoisotopic (exact) mass is 346 g/mol. The molecule has 0 bridgehead atoms. The fourth-order valence-electron chi connectivity index (χ4n) is 3.38. The standard InChI is InChI=1S/C19H22O6/c1-9-7-13(21)11(3)18-16(9)24-17-10(2)14(22)8-12(5-4-6-20)15(17)19(23)25-18/h8-9,16,20,22H,4-7H2,1-3H3. The number of ketones is 1. The van der Waals surface area contributed by atoms with Crippen molar-refractivity contribution in [2.24, 2.45) is 5.92 Å². The van der Waals surface area contributed by atoms with Crippen molar-refractivity contribution in [2.75, 3.05) is 6.61 Å². The molecule has 0 fully saturated rings. The number of benzene rings is 1. The largest absolute Gasteiger partial charge is 0.508 e. The van der Waals surface area contributed by atoms with Crippen molar-refractivity contribution in [3.63, 3.8) is 0 Å². The van der Waals surface area contributed by atoms with Gasteiger partial charge in [-0.25, -0.2) is 4.79 Å². The zero-order chi connectivity index (χ0) is 18.3. The number of rotatable bonds is 3. The number of aliphatic hydroxyl groups is 1. The van der Waals surface area contributed by atoms with E-state index in [-0.39, 0.29) is 35.4 Å². The molecule has 0 saturated carbocycles. The first-order chi connectivity index (χ1) is 11.8. The molecule has 0 aromatic heterocycles. The molecule has 0 saturated heterocycles. The topological polar surface area (TPSA) is 93.1 Å². The molecule has 2 atom stereocenters. The first kappa shape index (κ1) is 17.5. The number of phenolic OH excluding ortho intramolecular Hbond substituents is 1. The van der Waals surface area contributed by atoms with Gasteiger partial charge in [-0.2, -0.15) is 0 Å². The second-order valence-electron chi connectivity index (χ2n) is 6.73. The van der Waals surface area contributed by atoms with Crippen LogP contribution in [0.5, 0.6) is 11.5 Å². The molecular formula is C19H22O6. The lowest BCUT2D eigenvalue weighted by molar-refractivity contribution is -0.118. The number of carbonyl (C=O) groups excluding carboxylic acids is 2. The van der Waals surface area contributed by atoms with Gasteiger partial charge in [0.25, 0.3) is 0 Å². The molecule has 0 radical (unpaired) electrons. The van der Waals surface area contributed by atoms with Crippen molar-refractivity contribution in [2.45, 2.75) is 46.1 Å². The van der Waals surface area contributed by atoms with E-state index < -0.39 is 12.1 Å². The lowest BCUT2D eigenvalue weighted by atomic mass is 9.86. The first-order valence-corrected chi connectivity index (χ1v) is 8.44. The van der Waals surface area contributed by atoms with Crippen LogP contribution in [0.25, 0.3) is 0 Å². The Labute approximate surface area is 146 Å². The number of aromatic hydroxyl groups is 1. The third kappa shape index (κ3) is 2.91. The molecule has 134 valence electrons. The van der Waals surface area contributed by atoms with Crippen LogP contribution in [0.1, 0.15) is 48.2 Å². The zero-order valence-corrected chi connectivity index (χ0v) is 14.6. The highest BCUT2D eigenvalue weighted by molar-refractivity contribution is 6.00. The highest BCUT2D eigenvalue weighted by atomic mass is 16.6. The van der Waals surface area contributed by atoms with Gasteiger partial charge in [-0.3, -0.25) is 4.79 Å². The van der Waals surface area contributed by atoms with Crippen molar-refractivity contribution in [3.8, 4) is 11.5 Å². The minimum Gasteiger partial charge on any atom is -0.508 e. The molecule has 6 nitrogen and oxygen atoms in total. The average molecular weight is 346 g/mol. The zero-order valence-electron chi connectivity index (χ0n) is 14.6. The minimum absolute atomic E-state index is 0.0300. The highest BCUT2D eigenvalue weighted by Crippen LogP contribution is 2.42. The number of ether oxygens (including phenoxy) is 2. The molecule has 0 spiro atoms. The van der Waals surface area contributed by atoms with Gasteiger partial charge < -0.3 is 19.7 Å². The van der Waals surface area contributed by atoms with Gasteiger partial charge in [0.1, 0.15) is 17.1 Å². The normalized spacial score (nSPS) is 22.7. The Balaban J connectivity index is 2.17. The fraction of sp³-hybridized carbons (Fsp3) is 0.474. The molecule has 2 N–H and O–H groups in total. The van der Waals surface area contributed by atoms with Gasteiger partial charge in [-0.15, -0.1) is 0 Å². The van der Waals surface area contributed by atoms with E-state index in [1.807, 2.05) is 6.92 Å². The van der Waals surface area contributed by atoms with Crippen molar-refractivity contribution in [3.05, 3.63) is 34.1 Å². The molecule has 0 amide bonds. The van der Waals surface area contributed by atoms with Gasteiger partial charge in [0.15, 0.2) is 17.6 Å². The first-order valence-electron chi connectivity index (χ1n) is 8.44. The van der Waals surface area contributed by atoms with Crippen LogP contribution in [0.3, 0.4) is 0 Å². The molecule has 25 heavy (non-hydrogen) atoms. The molecule has 1 aliphatic carbocycles. The Morgan fingerprint density at radius 1 is 1.28 bits per heavy atom. The van der Waals surface area contributed by atoms with Crippen LogP contribution in [0.15, 0.2) is 17.4 Å². The number of allylic oxidation sites excluding steroid dienone is 1. The molecule has 1 heterocycles. The molecule has 6 heteroatoms. The van der Waals surface area contributed by atoms with E-state index in [1.54, 1.807) is 13.8 Å². The summed E-state index contributed by atoms with van der Waals surface area (Å²) in [5.74, 6) is -0.203. The summed E-state index contributed by atoms with van der Waals surface area (Å²) in [5, 5.41) is 19.3. The number of aryl methyl sites for hydroxylation is 1. The Bertz CT molecular complexity index is 777. The second kappa shape index (κ2) is 6.52. The van der Waals surface area contributed by atoms with E-state index in [1.165, 1.54) is 6.07 Å². The van der Waals surface area contributed by atoms with Gasteiger partial charge in [0, 0.05) is 30.1 Å². The molecular weight excluding hydrogens is 324 g/mol. The third-order valence-electron chi connectivity index (χ3n) is 4.91. The highest BCUT2D eigenvalue weighted by Gasteiger charge is 2.41. The van der Waals surface area contributed by atoms with Crippen LogP contribution in [0, 0.1) is 12.8 Å². The maximum atomic E-state index is 12.8. The second-order valence-corrected chi connectivity index (χ2v) is 6.73. The Hall–Kier alpha value is -2.34. The minimum atomic E-state index is -0.593. The van der Waals surface area contributed by atoms with E-state index in [0.29, 0.717) is 41.7 Å². The van der Waals surface area contributed by atoms with E-state index >= 15 is 0 Å². The summed E-state index contributed by atoms with van der Waals surface area (Å²) in [5.41, 5.74) is 1.69. The smallest absolute Gasteiger partial charge is 0.347 e. The molecule has 1 aromatic rings. The molecule has 1 aromatic carbocycles. The number of fused-ring (bicyclic) bond motifs is 2. The molecule has 3 rings (SSSR count). The molecule has 2 aliphatic rings. The van der Waals surface area contributed by atoms with E-state index in [0.717, 1.165) is 0 Å². The quantitative estimate of drug-likeness (QED) is 0.817. The van der Waals surface area contributed by atoms with Crippen LogP contribution >= 0.6 is 0 Å². The van der Waals surface area contributed by atoms with Gasteiger partial charge in [-0.1, -0.05) is 6.92 Å². The third-order valence-corrected chi connectivity index (χ3v) is 4.91. The lowest BCUT2D eigenvalue weighted by Crippen LogP contribution is -2.35. The summed E-state index contributed by atoms with van der Waals surface area (Å²) in [6, 6.07) is 1.51. The summed E-state index contributed by atoms with van der Waals surface area (Å²) < 4.78 is 11.7. The average Bonchev–Trinajstić information content (AvgIpc) is 2.72. The maximum absolute atomic E-state index is 12.8. The predicted octanol–water partition coefficient (Wildman–Crippen LogP) is 2.43. The Morgan fingerprint density at radius 2 is 2.00 bits per heavy atom. The van der Waals surface area contributed by atoms with Gasteiger partial charge in [-0.05, 0) is 38.3 Å². The van der Waals surface area contributed by atoms with Crippen LogP contribution < -0.4 is 4.74 Å². The number of phenols is 1. The van der Waals surface area contributed by atoms with Crippen molar-refractivity contribution < 1.29 is 29.3 Å². The summed E-state index contributed by atoms with van der Waals surface area (Å²) in [4.78, 5) is 24.9. The number of hydrogen-bond acceptors (Lipinski definition) is 6. The van der Waals surface area contributed by atoms with Gasteiger partial charge in [0.2, 0.25) is 0 Å². The van der Waals surface area contributed by atoms with Gasteiger partial charge in [0.05, 0.1) is 0 Å². The number of carbonyl (C=O) groups is 2. The fourth-order valence-corrected chi connectivity index (χ4v) is 3.38. The van der Waals surface area contributed by atoms with E-state index in [4.69, 9.17) is 14.6 Å². The summed E-state index contributed by atoms with van der Waals surface area (Å²) in [6.45, 7) is 5.16. The summed E-state index contributed by atoms with van der Waals surface area (Å²) >= 11 is 0. The SMILES string of the molecule is CC1=C2OC(=O)c3c(CCCO)cc(O)c(C)c3OC2C(C)CC1=O. The predicted molar refractivity (Wildman–Crippen MR) is 89.6 cm³/mol. The number of aliphatic hydroxyl groups excluding tert-OH is 1. The maximum Gasteiger partial charge on any atom is 0.347 e. The molecule has 2 unspecified atom stereocenters. The summed E-state index contributed by atoms with van der Waals surface area (Å²) in [6.07, 6.45) is 0.626. The van der Waals surface area contributed by atoms with Crippen LogP contribution in [-0.2, 0) is 16.0 Å². The Kier molecular flexibility index (Phi) is 4.56. The number of esters is 1. The molecule has 1 aliphatic heterocycles. The van der Waals surface area contributed by atoms with Gasteiger partial charge >= 0.3 is 5.97 Å². The van der Waals surface area contributed by atoms with Crippen LogP contribution in [0.2, 0.25) is 0 Å². The number of hydrogen-bond donors (Lipinski definition) is 2. The summed E-state index contributed by atoms with van der Waals surface area (Å²) in [7, 11) is 0. The van der Waals surface area contributed by atoms with Crippen molar-refractivity contribution in [1.29, 1.82) is 0 Å². The number of Topliss-reactive ketones (excluding diaryl/α,β-unsaturated/α-hetero) is 1. The van der Waals surface area contributed by atoms with Crippen LogP contribution in [0.4, 0.5) is 0 Å². The van der Waals surface area contributed by atoms with E-state index in [9.17, 15) is 14.7 Å². The lowest BCUT2D eigenvalue weighted by Gasteiger charge is -2.29. The van der Waals surface area contributed by atoms with Crippen molar-refractivity contribution >= 4 is 11.8 Å².